The van der Waals surface area contributed by atoms with E-state index in [1.165, 1.54) is 6.92 Å². The van der Waals surface area contributed by atoms with E-state index in [1.807, 2.05) is 19.1 Å². The number of hydrogen-bond donors (Lipinski definition) is 2. The molecule has 1 aromatic rings. The summed E-state index contributed by atoms with van der Waals surface area (Å²) < 4.78 is 5.40. The van der Waals surface area contributed by atoms with Crippen molar-refractivity contribution in [3.63, 3.8) is 0 Å². The van der Waals surface area contributed by atoms with Gasteiger partial charge in [-0.2, -0.15) is 0 Å². The Hall–Kier alpha value is -1.78. The van der Waals surface area contributed by atoms with E-state index in [-0.39, 0.29) is 18.4 Å². The molecule has 0 radical (unpaired) electrons. The van der Waals surface area contributed by atoms with Crippen LogP contribution in [0.5, 0.6) is 0 Å². The zero-order valence-electron chi connectivity index (χ0n) is 10.0. The van der Waals surface area contributed by atoms with Gasteiger partial charge < -0.3 is 14.8 Å². The molecule has 0 aromatic carbocycles. The van der Waals surface area contributed by atoms with E-state index in [9.17, 15) is 9.59 Å². The lowest BCUT2D eigenvalue weighted by atomic mass is 10.1. The second-order valence-electron chi connectivity index (χ2n) is 4.05. The molecule has 1 rings (SSSR count). The molecule has 0 aliphatic rings. The Bertz CT molecular complexity index is 397. The molecule has 17 heavy (non-hydrogen) atoms. The standard InChI is InChI=1S/C12H17NO4/c1-8-3-5-11(17-8)7-10(13-9(2)14)4-6-12(15)16/h3,5,10H,4,6-7H2,1-2H3,(H,13,14)(H,15,16). The van der Waals surface area contributed by atoms with E-state index in [0.717, 1.165) is 11.5 Å². The van der Waals surface area contributed by atoms with Gasteiger partial charge in [-0.25, -0.2) is 0 Å². The predicted molar refractivity (Wildman–Crippen MR) is 61.6 cm³/mol. The molecule has 0 saturated carbocycles. The zero-order valence-corrected chi connectivity index (χ0v) is 10.0. The van der Waals surface area contributed by atoms with Crippen LogP contribution < -0.4 is 5.32 Å². The van der Waals surface area contributed by atoms with E-state index >= 15 is 0 Å². The average molecular weight is 239 g/mol. The molecule has 5 nitrogen and oxygen atoms in total. The summed E-state index contributed by atoms with van der Waals surface area (Å²) >= 11 is 0. The van der Waals surface area contributed by atoms with E-state index in [4.69, 9.17) is 9.52 Å². The van der Waals surface area contributed by atoms with Gasteiger partial charge >= 0.3 is 5.97 Å². The number of carboxylic acids is 1. The molecule has 94 valence electrons. The molecule has 0 bridgehead atoms. The summed E-state index contributed by atoms with van der Waals surface area (Å²) in [6.07, 6.45) is 0.944. The van der Waals surface area contributed by atoms with Crippen molar-refractivity contribution in [2.24, 2.45) is 0 Å². The fourth-order valence-electron chi connectivity index (χ4n) is 1.65. The van der Waals surface area contributed by atoms with Gasteiger partial charge in [-0.15, -0.1) is 0 Å². The number of amides is 1. The van der Waals surface area contributed by atoms with E-state index < -0.39 is 5.97 Å². The average Bonchev–Trinajstić information content (AvgIpc) is 2.59. The van der Waals surface area contributed by atoms with Crippen LogP contribution >= 0.6 is 0 Å². The Morgan fingerprint density at radius 2 is 2.18 bits per heavy atom. The highest BCUT2D eigenvalue weighted by Crippen LogP contribution is 2.11. The lowest BCUT2D eigenvalue weighted by Gasteiger charge is -2.15. The number of nitrogens with one attached hydrogen (secondary N) is 1. The summed E-state index contributed by atoms with van der Waals surface area (Å²) in [6.45, 7) is 3.26. The van der Waals surface area contributed by atoms with Gasteiger partial charge in [0, 0.05) is 25.8 Å². The molecule has 0 saturated heterocycles. The number of aryl methyl sites for hydroxylation is 1. The maximum absolute atomic E-state index is 11.0. The molecule has 0 spiro atoms. The Balaban J connectivity index is 2.56. The SMILES string of the molecule is CC(=O)NC(CCC(=O)O)Cc1ccc(C)o1. The van der Waals surface area contributed by atoms with Crippen LogP contribution in [-0.4, -0.2) is 23.0 Å². The third-order valence-electron chi connectivity index (χ3n) is 2.36. The van der Waals surface area contributed by atoms with Crippen molar-refractivity contribution < 1.29 is 19.1 Å². The Labute approximate surface area is 99.8 Å². The predicted octanol–water partition coefficient (Wildman–Crippen LogP) is 1.50. The van der Waals surface area contributed by atoms with Crippen molar-refractivity contribution in [2.75, 3.05) is 0 Å². The maximum Gasteiger partial charge on any atom is 0.303 e. The molecule has 0 aliphatic heterocycles. The van der Waals surface area contributed by atoms with Gasteiger partial charge in [0.2, 0.25) is 5.91 Å². The van der Waals surface area contributed by atoms with Gasteiger partial charge in [-0.05, 0) is 25.5 Å². The number of aliphatic carboxylic acids is 1. The fourth-order valence-corrected chi connectivity index (χ4v) is 1.65. The largest absolute Gasteiger partial charge is 0.481 e. The molecule has 1 aromatic heterocycles. The molecule has 1 heterocycles. The first-order valence-electron chi connectivity index (χ1n) is 5.51. The molecule has 0 fully saturated rings. The highest BCUT2D eigenvalue weighted by molar-refractivity contribution is 5.73. The van der Waals surface area contributed by atoms with Crippen LogP contribution in [-0.2, 0) is 16.0 Å². The van der Waals surface area contributed by atoms with Gasteiger partial charge in [0.05, 0.1) is 0 Å². The van der Waals surface area contributed by atoms with Gasteiger partial charge in [-0.1, -0.05) is 0 Å². The van der Waals surface area contributed by atoms with E-state index in [1.54, 1.807) is 0 Å². The van der Waals surface area contributed by atoms with Gasteiger partial charge in [0.25, 0.3) is 0 Å². The van der Waals surface area contributed by atoms with Gasteiger partial charge in [0.15, 0.2) is 0 Å². The van der Waals surface area contributed by atoms with Crippen molar-refractivity contribution in [2.45, 2.75) is 39.2 Å². The minimum absolute atomic E-state index is 0.0324. The number of rotatable bonds is 6. The minimum Gasteiger partial charge on any atom is -0.481 e. The molecule has 5 heteroatoms. The van der Waals surface area contributed by atoms with E-state index in [0.29, 0.717) is 12.8 Å². The number of carbonyl (C=O) groups excluding carboxylic acids is 1. The lowest BCUT2D eigenvalue weighted by molar-refractivity contribution is -0.137. The van der Waals surface area contributed by atoms with Crippen molar-refractivity contribution >= 4 is 11.9 Å². The summed E-state index contributed by atoms with van der Waals surface area (Å²) in [7, 11) is 0. The van der Waals surface area contributed by atoms with Crippen LogP contribution in [0.15, 0.2) is 16.5 Å². The van der Waals surface area contributed by atoms with Gasteiger partial charge in [-0.3, -0.25) is 9.59 Å². The van der Waals surface area contributed by atoms with Crippen LogP contribution in [0.4, 0.5) is 0 Å². The van der Waals surface area contributed by atoms with Crippen LogP contribution in [0.2, 0.25) is 0 Å². The highest BCUT2D eigenvalue weighted by Gasteiger charge is 2.14. The normalized spacial score (nSPS) is 12.1. The van der Waals surface area contributed by atoms with Crippen LogP contribution in [0.25, 0.3) is 0 Å². The molecular formula is C12H17NO4. The van der Waals surface area contributed by atoms with Crippen molar-refractivity contribution in [3.8, 4) is 0 Å². The minimum atomic E-state index is -0.865. The maximum atomic E-state index is 11.0. The lowest BCUT2D eigenvalue weighted by Crippen LogP contribution is -2.35. The third-order valence-corrected chi connectivity index (χ3v) is 2.36. The zero-order chi connectivity index (χ0) is 12.8. The number of furan rings is 1. The summed E-state index contributed by atoms with van der Waals surface area (Å²) in [6, 6.07) is 3.48. The smallest absolute Gasteiger partial charge is 0.303 e. The number of hydrogen-bond acceptors (Lipinski definition) is 3. The van der Waals surface area contributed by atoms with Crippen molar-refractivity contribution in [1.29, 1.82) is 0 Å². The van der Waals surface area contributed by atoms with Gasteiger partial charge in [0.1, 0.15) is 11.5 Å². The summed E-state index contributed by atoms with van der Waals surface area (Å²) in [5.74, 6) is 0.533. The fraction of sp³-hybridized carbons (Fsp3) is 0.500. The molecule has 1 atom stereocenters. The second kappa shape index (κ2) is 6.08. The first-order valence-corrected chi connectivity index (χ1v) is 5.51. The summed E-state index contributed by atoms with van der Waals surface area (Å²) in [5, 5.41) is 11.4. The van der Waals surface area contributed by atoms with Crippen LogP contribution in [0.1, 0.15) is 31.3 Å². The Morgan fingerprint density at radius 1 is 1.47 bits per heavy atom. The van der Waals surface area contributed by atoms with Crippen molar-refractivity contribution in [3.05, 3.63) is 23.7 Å². The van der Waals surface area contributed by atoms with Crippen LogP contribution in [0, 0.1) is 6.92 Å². The van der Waals surface area contributed by atoms with E-state index in [2.05, 4.69) is 5.32 Å². The summed E-state index contributed by atoms with van der Waals surface area (Å²) in [5.41, 5.74) is 0. The summed E-state index contributed by atoms with van der Waals surface area (Å²) in [4.78, 5) is 21.5. The van der Waals surface area contributed by atoms with Crippen molar-refractivity contribution in [1.82, 2.24) is 5.32 Å². The second-order valence-corrected chi connectivity index (χ2v) is 4.05. The van der Waals surface area contributed by atoms with Crippen LogP contribution in [0.3, 0.4) is 0 Å². The number of carboxylic acid groups (broad SMARTS) is 1. The third kappa shape index (κ3) is 5.19. The number of carbonyl (C=O) groups is 2. The quantitative estimate of drug-likeness (QED) is 0.788. The first kappa shape index (κ1) is 13.3. The molecule has 0 aliphatic carbocycles. The highest BCUT2D eigenvalue weighted by atomic mass is 16.4. The molecular weight excluding hydrogens is 222 g/mol. The molecule has 1 amide bonds. The molecule has 1 unspecified atom stereocenters. The monoisotopic (exact) mass is 239 g/mol. The Kier molecular flexibility index (Phi) is 4.75. The topological polar surface area (TPSA) is 79.5 Å². The Morgan fingerprint density at radius 3 is 2.65 bits per heavy atom. The first-order chi connectivity index (χ1) is 7.97. The molecule has 2 N–H and O–H groups in total.